The SMILES string of the molecule is O=C(CCCBr)NN1CCOCC1. The zero-order valence-electron chi connectivity index (χ0n) is 7.59. The zero-order chi connectivity index (χ0) is 9.52. The fraction of sp³-hybridized carbons (Fsp3) is 0.875. The van der Waals surface area contributed by atoms with Gasteiger partial charge in [-0.25, -0.2) is 5.01 Å². The van der Waals surface area contributed by atoms with Crippen molar-refractivity contribution in [1.82, 2.24) is 10.4 Å². The lowest BCUT2D eigenvalue weighted by Gasteiger charge is -2.26. The molecule has 1 amide bonds. The van der Waals surface area contributed by atoms with Crippen molar-refractivity contribution in [1.29, 1.82) is 0 Å². The van der Waals surface area contributed by atoms with E-state index in [0.717, 1.165) is 24.8 Å². The minimum absolute atomic E-state index is 0.0985. The number of nitrogens with one attached hydrogen (secondary N) is 1. The van der Waals surface area contributed by atoms with E-state index in [1.807, 2.05) is 5.01 Å². The van der Waals surface area contributed by atoms with Crippen LogP contribution in [0.5, 0.6) is 0 Å². The number of ether oxygens (including phenoxy) is 1. The van der Waals surface area contributed by atoms with Gasteiger partial charge in [0, 0.05) is 24.8 Å². The predicted molar refractivity (Wildman–Crippen MR) is 53.6 cm³/mol. The van der Waals surface area contributed by atoms with Crippen molar-refractivity contribution in [3.8, 4) is 0 Å². The lowest BCUT2D eigenvalue weighted by atomic mass is 10.3. The quantitative estimate of drug-likeness (QED) is 0.741. The Morgan fingerprint density at radius 1 is 1.46 bits per heavy atom. The summed E-state index contributed by atoms with van der Waals surface area (Å²) in [5.74, 6) is 0.0985. The number of amides is 1. The van der Waals surface area contributed by atoms with E-state index in [1.54, 1.807) is 0 Å². The predicted octanol–water partition coefficient (Wildman–Crippen LogP) is 0.525. The standard InChI is InChI=1S/C8H15BrN2O2/c9-3-1-2-8(12)10-11-4-6-13-7-5-11/h1-7H2,(H,10,12). The van der Waals surface area contributed by atoms with Crippen molar-refractivity contribution in [2.45, 2.75) is 12.8 Å². The van der Waals surface area contributed by atoms with E-state index in [4.69, 9.17) is 4.74 Å². The normalized spacial score (nSPS) is 18.5. The fourth-order valence-electron chi connectivity index (χ4n) is 1.13. The highest BCUT2D eigenvalue weighted by Crippen LogP contribution is 1.96. The molecule has 76 valence electrons. The molecule has 1 saturated heterocycles. The molecule has 0 atom stereocenters. The first-order chi connectivity index (χ1) is 6.33. The number of halogens is 1. The van der Waals surface area contributed by atoms with E-state index in [-0.39, 0.29) is 5.91 Å². The molecule has 1 aliphatic rings. The molecule has 0 aliphatic carbocycles. The number of hydrazine groups is 1. The lowest BCUT2D eigenvalue weighted by Crippen LogP contribution is -2.48. The molecule has 1 N–H and O–H groups in total. The third kappa shape index (κ3) is 4.59. The molecule has 13 heavy (non-hydrogen) atoms. The molecule has 0 bridgehead atoms. The van der Waals surface area contributed by atoms with Gasteiger partial charge in [0.05, 0.1) is 13.2 Å². The summed E-state index contributed by atoms with van der Waals surface area (Å²) in [6.07, 6.45) is 1.47. The average Bonchev–Trinajstić information content (AvgIpc) is 2.16. The second-order valence-corrected chi connectivity index (χ2v) is 3.72. The van der Waals surface area contributed by atoms with Crippen LogP contribution in [0, 0.1) is 0 Å². The lowest BCUT2D eigenvalue weighted by molar-refractivity contribution is -0.127. The fourth-order valence-corrected chi connectivity index (χ4v) is 1.42. The van der Waals surface area contributed by atoms with Crippen LogP contribution in [0.15, 0.2) is 0 Å². The van der Waals surface area contributed by atoms with Crippen molar-refractivity contribution < 1.29 is 9.53 Å². The highest BCUT2D eigenvalue weighted by atomic mass is 79.9. The van der Waals surface area contributed by atoms with Crippen molar-refractivity contribution in [3.63, 3.8) is 0 Å². The molecule has 0 radical (unpaired) electrons. The Kier molecular flexibility index (Phi) is 5.34. The summed E-state index contributed by atoms with van der Waals surface area (Å²) in [7, 11) is 0. The van der Waals surface area contributed by atoms with Crippen LogP contribution in [0.1, 0.15) is 12.8 Å². The minimum Gasteiger partial charge on any atom is -0.379 e. The van der Waals surface area contributed by atoms with Crippen molar-refractivity contribution >= 4 is 21.8 Å². The van der Waals surface area contributed by atoms with E-state index in [1.165, 1.54) is 0 Å². The van der Waals surface area contributed by atoms with Gasteiger partial charge in [0.25, 0.3) is 0 Å². The molecule has 0 aromatic rings. The number of hydrogen-bond acceptors (Lipinski definition) is 3. The monoisotopic (exact) mass is 250 g/mol. The summed E-state index contributed by atoms with van der Waals surface area (Å²) >= 11 is 3.29. The average molecular weight is 251 g/mol. The van der Waals surface area contributed by atoms with Crippen LogP contribution >= 0.6 is 15.9 Å². The third-order valence-electron chi connectivity index (χ3n) is 1.83. The summed E-state index contributed by atoms with van der Waals surface area (Å²) in [4.78, 5) is 11.3. The molecule has 1 heterocycles. The number of carbonyl (C=O) groups is 1. The van der Waals surface area contributed by atoms with E-state index in [9.17, 15) is 4.79 Å². The molecular weight excluding hydrogens is 236 g/mol. The van der Waals surface area contributed by atoms with Crippen LogP contribution in [0.2, 0.25) is 0 Å². The Balaban J connectivity index is 2.11. The van der Waals surface area contributed by atoms with Crippen molar-refractivity contribution in [2.24, 2.45) is 0 Å². The summed E-state index contributed by atoms with van der Waals surface area (Å²) < 4.78 is 5.16. The Labute approximate surface area is 86.7 Å². The maximum Gasteiger partial charge on any atom is 0.234 e. The smallest absolute Gasteiger partial charge is 0.234 e. The van der Waals surface area contributed by atoms with Gasteiger partial charge in [-0.2, -0.15) is 0 Å². The first kappa shape index (κ1) is 10.9. The molecule has 0 aromatic heterocycles. The third-order valence-corrected chi connectivity index (χ3v) is 2.39. The highest BCUT2D eigenvalue weighted by Gasteiger charge is 2.11. The van der Waals surface area contributed by atoms with Crippen LogP contribution < -0.4 is 5.43 Å². The van der Waals surface area contributed by atoms with Gasteiger partial charge in [-0.3, -0.25) is 10.2 Å². The summed E-state index contributed by atoms with van der Waals surface area (Å²) in [6, 6.07) is 0. The Hall–Kier alpha value is -0.130. The molecule has 1 fully saturated rings. The summed E-state index contributed by atoms with van der Waals surface area (Å²) in [5.41, 5.74) is 2.85. The van der Waals surface area contributed by atoms with Crippen LogP contribution in [-0.4, -0.2) is 42.5 Å². The van der Waals surface area contributed by atoms with Crippen LogP contribution in [0.3, 0.4) is 0 Å². The van der Waals surface area contributed by atoms with Gasteiger partial charge < -0.3 is 4.74 Å². The van der Waals surface area contributed by atoms with Gasteiger partial charge in [-0.1, -0.05) is 15.9 Å². The molecule has 0 unspecified atom stereocenters. The van der Waals surface area contributed by atoms with E-state index in [0.29, 0.717) is 19.6 Å². The number of rotatable bonds is 4. The number of alkyl halides is 1. The van der Waals surface area contributed by atoms with E-state index >= 15 is 0 Å². The Bertz CT molecular complexity index is 160. The minimum atomic E-state index is 0.0985. The van der Waals surface area contributed by atoms with Crippen LogP contribution in [-0.2, 0) is 9.53 Å². The van der Waals surface area contributed by atoms with Crippen molar-refractivity contribution in [2.75, 3.05) is 31.6 Å². The molecule has 1 aliphatic heterocycles. The molecule has 0 aromatic carbocycles. The first-order valence-electron chi connectivity index (χ1n) is 4.51. The van der Waals surface area contributed by atoms with Gasteiger partial charge in [0.15, 0.2) is 0 Å². The second-order valence-electron chi connectivity index (χ2n) is 2.93. The first-order valence-corrected chi connectivity index (χ1v) is 5.63. The van der Waals surface area contributed by atoms with E-state index < -0.39 is 0 Å². The van der Waals surface area contributed by atoms with Gasteiger partial charge >= 0.3 is 0 Å². The van der Waals surface area contributed by atoms with Gasteiger partial charge in [-0.05, 0) is 6.42 Å². The largest absolute Gasteiger partial charge is 0.379 e. The molecule has 4 nitrogen and oxygen atoms in total. The van der Waals surface area contributed by atoms with Gasteiger partial charge in [0.2, 0.25) is 5.91 Å². The van der Waals surface area contributed by atoms with E-state index in [2.05, 4.69) is 21.4 Å². The molecule has 0 saturated carbocycles. The second kappa shape index (κ2) is 6.34. The zero-order valence-corrected chi connectivity index (χ0v) is 9.18. The van der Waals surface area contributed by atoms with Crippen LogP contribution in [0.4, 0.5) is 0 Å². The number of hydrogen-bond donors (Lipinski definition) is 1. The number of morpholine rings is 1. The van der Waals surface area contributed by atoms with Crippen molar-refractivity contribution in [3.05, 3.63) is 0 Å². The summed E-state index contributed by atoms with van der Waals surface area (Å²) in [6.45, 7) is 3.00. The number of nitrogens with zero attached hydrogens (tertiary/aromatic N) is 1. The Morgan fingerprint density at radius 3 is 2.77 bits per heavy atom. The molecule has 1 rings (SSSR count). The van der Waals surface area contributed by atoms with Crippen LogP contribution in [0.25, 0.3) is 0 Å². The van der Waals surface area contributed by atoms with Gasteiger partial charge in [0.1, 0.15) is 0 Å². The maximum absolute atomic E-state index is 11.3. The molecular formula is C8H15BrN2O2. The molecule has 0 spiro atoms. The highest BCUT2D eigenvalue weighted by molar-refractivity contribution is 9.09. The Morgan fingerprint density at radius 2 is 2.15 bits per heavy atom. The summed E-state index contributed by atoms with van der Waals surface area (Å²) in [5, 5.41) is 2.80. The van der Waals surface area contributed by atoms with Gasteiger partial charge in [-0.15, -0.1) is 0 Å². The topological polar surface area (TPSA) is 41.6 Å². The maximum atomic E-state index is 11.3. The number of carbonyl (C=O) groups excluding carboxylic acids is 1. The molecule has 5 heteroatoms.